The van der Waals surface area contributed by atoms with Crippen LogP contribution in [0.25, 0.3) is 10.2 Å². The van der Waals surface area contributed by atoms with Crippen LogP contribution in [0.3, 0.4) is 0 Å². The number of fused-ring (bicyclic) bond motifs is 1. The number of benzene rings is 2. The molecule has 0 fully saturated rings. The van der Waals surface area contributed by atoms with E-state index < -0.39 is 0 Å². The van der Waals surface area contributed by atoms with Crippen LogP contribution in [0.15, 0.2) is 36.4 Å². The molecule has 29 heavy (non-hydrogen) atoms. The summed E-state index contributed by atoms with van der Waals surface area (Å²) >= 11 is 3.65. The molecule has 0 aliphatic heterocycles. The molecule has 0 atom stereocenters. The number of carbonyl (C=O) groups excluding carboxylic acids is 1. The summed E-state index contributed by atoms with van der Waals surface area (Å²) in [5, 5.41) is 0.645. The van der Waals surface area contributed by atoms with Gasteiger partial charge < -0.3 is 14.4 Å². The first-order valence-corrected chi connectivity index (χ1v) is 11.1. The molecule has 8 heteroatoms. The summed E-state index contributed by atoms with van der Waals surface area (Å²) in [5.74, 6) is 1.34. The number of rotatable bonds is 8. The van der Waals surface area contributed by atoms with Crippen LogP contribution in [-0.2, 0) is 0 Å². The van der Waals surface area contributed by atoms with Gasteiger partial charge in [-0.05, 0) is 73.9 Å². The summed E-state index contributed by atoms with van der Waals surface area (Å²) in [6, 6.07) is 11.3. The first kappa shape index (κ1) is 21.8. The second kappa shape index (κ2) is 9.73. The molecule has 0 saturated carbocycles. The Labute approximate surface area is 188 Å². The maximum atomic E-state index is 13.4. The first-order chi connectivity index (χ1) is 14.0. The molecule has 0 aliphatic rings. The lowest BCUT2D eigenvalue weighted by Crippen LogP contribution is -2.33. The number of halogens is 1. The monoisotopic (exact) mass is 525 g/mol. The van der Waals surface area contributed by atoms with Gasteiger partial charge in [-0.15, -0.1) is 0 Å². The third-order valence-electron chi connectivity index (χ3n) is 4.47. The molecule has 3 aromatic rings. The van der Waals surface area contributed by atoms with Crippen LogP contribution in [0.5, 0.6) is 11.5 Å². The molecule has 2 aromatic carbocycles. The fraction of sp³-hybridized carbons (Fsp3) is 0.333. The average molecular weight is 525 g/mol. The van der Waals surface area contributed by atoms with Crippen LogP contribution in [0, 0.1) is 3.57 Å². The van der Waals surface area contributed by atoms with Crippen LogP contribution in [-0.4, -0.2) is 57.2 Å². The van der Waals surface area contributed by atoms with Crippen LogP contribution in [0.1, 0.15) is 16.8 Å². The van der Waals surface area contributed by atoms with Crippen molar-refractivity contribution in [1.82, 2.24) is 9.88 Å². The van der Waals surface area contributed by atoms with Gasteiger partial charge in [0.25, 0.3) is 5.91 Å². The molecule has 0 radical (unpaired) electrons. The highest BCUT2D eigenvalue weighted by molar-refractivity contribution is 14.1. The Morgan fingerprint density at radius 1 is 1.07 bits per heavy atom. The van der Waals surface area contributed by atoms with Gasteiger partial charge in [0, 0.05) is 10.1 Å². The Kier molecular flexibility index (Phi) is 7.31. The highest BCUT2D eigenvalue weighted by Gasteiger charge is 2.24. The molecule has 0 spiro atoms. The maximum absolute atomic E-state index is 13.4. The van der Waals surface area contributed by atoms with E-state index in [9.17, 15) is 4.79 Å². The number of aromatic nitrogens is 1. The van der Waals surface area contributed by atoms with Crippen LogP contribution in [0.2, 0.25) is 0 Å². The van der Waals surface area contributed by atoms with Gasteiger partial charge in [-0.3, -0.25) is 9.69 Å². The predicted octanol–water partition coefficient (Wildman–Crippen LogP) is 4.52. The second-order valence-electron chi connectivity index (χ2n) is 6.74. The molecular weight excluding hydrogens is 501 g/mol. The largest absolute Gasteiger partial charge is 0.495 e. The van der Waals surface area contributed by atoms with Crippen molar-refractivity contribution in [2.45, 2.75) is 6.42 Å². The normalized spacial score (nSPS) is 11.1. The van der Waals surface area contributed by atoms with Crippen LogP contribution < -0.4 is 14.4 Å². The zero-order valence-electron chi connectivity index (χ0n) is 16.9. The lowest BCUT2D eigenvalue weighted by molar-refractivity contribution is 0.0985. The number of carbonyl (C=O) groups is 1. The number of hydrogen-bond donors (Lipinski definition) is 0. The number of anilines is 1. The quantitative estimate of drug-likeness (QED) is 0.405. The lowest BCUT2D eigenvalue weighted by Gasteiger charge is -2.21. The van der Waals surface area contributed by atoms with Crippen molar-refractivity contribution in [3.63, 3.8) is 0 Å². The van der Waals surface area contributed by atoms with Crippen molar-refractivity contribution >= 4 is 55.2 Å². The van der Waals surface area contributed by atoms with Gasteiger partial charge in [0.15, 0.2) is 5.13 Å². The zero-order valence-corrected chi connectivity index (χ0v) is 19.9. The summed E-state index contributed by atoms with van der Waals surface area (Å²) in [7, 11) is 7.30. The standard InChI is InChI=1S/C21H24IN3O3S/c1-24(2)12-7-13-25(20(26)14-8-5-6-9-15(14)22)21-23-18-16(27-3)10-11-17(28-4)19(18)29-21/h5-6,8-11H,7,12-13H2,1-4H3. The van der Waals surface area contributed by atoms with Crippen molar-refractivity contribution in [3.8, 4) is 11.5 Å². The van der Waals surface area contributed by atoms with Gasteiger partial charge in [0.05, 0.1) is 19.8 Å². The van der Waals surface area contributed by atoms with E-state index in [-0.39, 0.29) is 5.91 Å². The van der Waals surface area contributed by atoms with E-state index in [0.717, 1.165) is 27.0 Å². The summed E-state index contributed by atoms with van der Waals surface area (Å²) in [5.41, 5.74) is 1.39. The van der Waals surface area contributed by atoms with Crippen molar-refractivity contribution in [1.29, 1.82) is 0 Å². The molecule has 3 rings (SSSR count). The molecule has 0 saturated heterocycles. The van der Waals surface area contributed by atoms with E-state index in [2.05, 4.69) is 27.5 Å². The summed E-state index contributed by atoms with van der Waals surface area (Å²) in [6.07, 6.45) is 0.840. The summed E-state index contributed by atoms with van der Waals surface area (Å²) in [4.78, 5) is 22.1. The smallest absolute Gasteiger partial charge is 0.261 e. The highest BCUT2D eigenvalue weighted by Crippen LogP contribution is 2.40. The average Bonchev–Trinajstić information content (AvgIpc) is 3.15. The third-order valence-corrected chi connectivity index (χ3v) is 6.50. The van der Waals surface area contributed by atoms with E-state index in [1.807, 2.05) is 50.5 Å². The molecule has 0 N–H and O–H groups in total. The Balaban J connectivity index is 2.06. The van der Waals surface area contributed by atoms with E-state index in [0.29, 0.717) is 28.5 Å². The molecule has 1 heterocycles. The number of thiazole rings is 1. The minimum atomic E-state index is -0.0502. The van der Waals surface area contributed by atoms with E-state index in [1.165, 1.54) is 11.3 Å². The van der Waals surface area contributed by atoms with Gasteiger partial charge in [0.2, 0.25) is 0 Å². The SMILES string of the molecule is COc1ccc(OC)c2sc(N(CCCN(C)C)C(=O)c3ccccc3I)nc12. The number of amides is 1. The zero-order chi connectivity index (χ0) is 21.0. The summed E-state index contributed by atoms with van der Waals surface area (Å²) in [6.45, 7) is 1.46. The fourth-order valence-corrected chi connectivity index (χ4v) is 4.72. The molecule has 154 valence electrons. The van der Waals surface area contributed by atoms with E-state index >= 15 is 0 Å². The topological polar surface area (TPSA) is 54.9 Å². The van der Waals surface area contributed by atoms with Crippen LogP contribution in [0.4, 0.5) is 5.13 Å². The van der Waals surface area contributed by atoms with Gasteiger partial charge >= 0.3 is 0 Å². The van der Waals surface area contributed by atoms with E-state index in [4.69, 9.17) is 14.5 Å². The first-order valence-electron chi connectivity index (χ1n) is 9.19. The molecule has 6 nitrogen and oxygen atoms in total. The maximum Gasteiger partial charge on any atom is 0.261 e. The predicted molar refractivity (Wildman–Crippen MR) is 127 cm³/mol. The van der Waals surface area contributed by atoms with Crippen LogP contribution >= 0.6 is 33.9 Å². The van der Waals surface area contributed by atoms with Gasteiger partial charge in [-0.2, -0.15) is 0 Å². The lowest BCUT2D eigenvalue weighted by atomic mass is 10.2. The third kappa shape index (κ3) is 4.81. The van der Waals surface area contributed by atoms with Crippen molar-refractivity contribution in [2.75, 3.05) is 46.3 Å². The number of methoxy groups -OCH3 is 2. The second-order valence-corrected chi connectivity index (χ2v) is 8.88. The molecule has 1 amide bonds. The van der Waals surface area contributed by atoms with Gasteiger partial charge in [-0.25, -0.2) is 4.98 Å². The molecule has 1 aromatic heterocycles. The minimum absolute atomic E-state index is 0.0502. The van der Waals surface area contributed by atoms with Crippen molar-refractivity contribution in [3.05, 3.63) is 45.5 Å². The highest BCUT2D eigenvalue weighted by atomic mass is 127. The molecule has 0 bridgehead atoms. The minimum Gasteiger partial charge on any atom is -0.495 e. The Hall–Kier alpha value is -1.91. The Bertz CT molecular complexity index is 965. The molecule has 0 unspecified atom stereocenters. The number of nitrogens with zero attached hydrogens (tertiary/aromatic N) is 3. The summed E-state index contributed by atoms with van der Waals surface area (Å²) < 4.78 is 12.8. The number of ether oxygens (including phenoxy) is 2. The Morgan fingerprint density at radius 2 is 1.76 bits per heavy atom. The fourth-order valence-electron chi connectivity index (χ4n) is 3.00. The van der Waals surface area contributed by atoms with Gasteiger partial charge in [0.1, 0.15) is 21.7 Å². The molecule has 0 aliphatic carbocycles. The van der Waals surface area contributed by atoms with E-state index in [1.54, 1.807) is 19.1 Å². The van der Waals surface area contributed by atoms with Crippen molar-refractivity contribution < 1.29 is 14.3 Å². The number of hydrogen-bond acceptors (Lipinski definition) is 6. The van der Waals surface area contributed by atoms with Crippen molar-refractivity contribution in [2.24, 2.45) is 0 Å². The molecular formula is C21H24IN3O3S. The Morgan fingerprint density at radius 3 is 2.41 bits per heavy atom. The van der Waals surface area contributed by atoms with Gasteiger partial charge in [-0.1, -0.05) is 23.5 Å².